The van der Waals surface area contributed by atoms with Gasteiger partial charge in [-0.15, -0.1) is 6.58 Å². The van der Waals surface area contributed by atoms with Gasteiger partial charge in [0.2, 0.25) is 10.0 Å². The Morgan fingerprint density at radius 1 is 1.17 bits per heavy atom. The van der Waals surface area contributed by atoms with Crippen LogP contribution in [0, 0.1) is 0 Å². The molecule has 3 rings (SSSR count). The Labute approximate surface area is 173 Å². The number of amides is 1. The molecule has 1 aliphatic rings. The van der Waals surface area contributed by atoms with Crippen LogP contribution in [0.15, 0.2) is 72.1 Å². The Balaban J connectivity index is 1.86. The fourth-order valence-electron chi connectivity index (χ4n) is 3.72. The van der Waals surface area contributed by atoms with E-state index in [1.807, 2.05) is 37.3 Å². The number of hydrogen-bond acceptors (Lipinski definition) is 3. The third kappa shape index (κ3) is 4.95. The highest BCUT2D eigenvalue weighted by atomic mass is 32.2. The maximum absolute atomic E-state index is 13.1. The quantitative estimate of drug-likeness (QED) is 0.644. The summed E-state index contributed by atoms with van der Waals surface area (Å²) in [5.41, 5.74) is 1.38. The van der Waals surface area contributed by atoms with Gasteiger partial charge in [0.15, 0.2) is 0 Å². The van der Waals surface area contributed by atoms with Crippen LogP contribution in [-0.4, -0.2) is 42.7 Å². The molecule has 5 nitrogen and oxygen atoms in total. The third-order valence-electron chi connectivity index (χ3n) is 5.28. The summed E-state index contributed by atoms with van der Waals surface area (Å²) in [5.74, 6) is -0.211. The van der Waals surface area contributed by atoms with Gasteiger partial charge in [0.25, 0.3) is 5.91 Å². The van der Waals surface area contributed by atoms with E-state index in [4.69, 9.17) is 0 Å². The van der Waals surface area contributed by atoms with Crippen LogP contribution in [0.3, 0.4) is 0 Å². The second-order valence-corrected chi connectivity index (χ2v) is 9.34. The van der Waals surface area contributed by atoms with Crippen LogP contribution in [0.4, 0.5) is 0 Å². The predicted octanol–water partition coefficient (Wildman–Crippen LogP) is 4.08. The van der Waals surface area contributed by atoms with Crippen LogP contribution in [0.5, 0.6) is 0 Å². The van der Waals surface area contributed by atoms with Crippen LogP contribution >= 0.6 is 0 Å². The molecule has 1 heterocycles. The molecule has 0 aliphatic carbocycles. The molecule has 0 radical (unpaired) electrons. The Hall–Kier alpha value is -2.44. The maximum atomic E-state index is 13.1. The van der Waals surface area contributed by atoms with Crippen LogP contribution in [0.2, 0.25) is 0 Å². The summed E-state index contributed by atoms with van der Waals surface area (Å²) in [6.45, 7) is 7.04. The Bertz CT molecular complexity index is 957. The maximum Gasteiger partial charge on any atom is 0.254 e. The molecule has 2 aromatic carbocycles. The van der Waals surface area contributed by atoms with E-state index < -0.39 is 10.0 Å². The lowest BCUT2D eigenvalue weighted by Gasteiger charge is -2.32. The zero-order valence-electron chi connectivity index (χ0n) is 16.8. The minimum Gasteiger partial charge on any atom is -0.331 e. The van der Waals surface area contributed by atoms with E-state index >= 15 is 0 Å². The molecule has 0 spiro atoms. The van der Waals surface area contributed by atoms with E-state index in [0.717, 1.165) is 24.8 Å². The van der Waals surface area contributed by atoms with Crippen molar-refractivity contribution < 1.29 is 13.2 Å². The smallest absolute Gasteiger partial charge is 0.254 e. The minimum atomic E-state index is -3.62. The number of nitrogens with zero attached hydrogens (tertiary/aromatic N) is 2. The lowest BCUT2D eigenvalue weighted by Crippen LogP contribution is -2.42. The van der Waals surface area contributed by atoms with Gasteiger partial charge < -0.3 is 4.90 Å². The van der Waals surface area contributed by atoms with Gasteiger partial charge in [-0.3, -0.25) is 4.79 Å². The highest BCUT2D eigenvalue weighted by Crippen LogP contribution is 2.26. The van der Waals surface area contributed by atoms with Gasteiger partial charge in [0.05, 0.1) is 4.90 Å². The zero-order valence-corrected chi connectivity index (χ0v) is 17.6. The monoisotopic (exact) mass is 412 g/mol. The number of hydrogen-bond donors (Lipinski definition) is 0. The number of piperidine rings is 1. The van der Waals surface area contributed by atoms with Crippen molar-refractivity contribution in [2.24, 2.45) is 0 Å². The molecule has 1 saturated heterocycles. The second kappa shape index (κ2) is 9.37. The summed E-state index contributed by atoms with van der Waals surface area (Å²) in [4.78, 5) is 15.0. The highest BCUT2D eigenvalue weighted by Gasteiger charge is 2.31. The van der Waals surface area contributed by atoms with Crippen molar-refractivity contribution >= 4 is 15.9 Å². The summed E-state index contributed by atoms with van der Waals surface area (Å²) in [7, 11) is -3.62. The van der Waals surface area contributed by atoms with Crippen molar-refractivity contribution in [3.05, 3.63) is 78.4 Å². The molecule has 29 heavy (non-hydrogen) atoms. The van der Waals surface area contributed by atoms with Gasteiger partial charge >= 0.3 is 0 Å². The van der Waals surface area contributed by atoms with Gasteiger partial charge in [-0.05, 0) is 43.5 Å². The van der Waals surface area contributed by atoms with Crippen LogP contribution in [0.25, 0.3) is 0 Å². The Morgan fingerprint density at radius 2 is 1.93 bits per heavy atom. The first kappa shape index (κ1) is 21.3. The van der Waals surface area contributed by atoms with E-state index in [1.54, 1.807) is 33.5 Å². The largest absolute Gasteiger partial charge is 0.331 e. The molecule has 2 aromatic rings. The molecule has 154 valence electrons. The molecule has 1 amide bonds. The van der Waals surface area contributed by atoms with Crippen molar-refractivity contribution in [3.8, 4) is 0 Å². The van der Waals surface area contributed by atoms with E-state index in [9.17, 15) is 13.2 Å². The number of carbonyl (C=O) groups excluding carboxylic acids is 1. The van der Waals surface area contributed by atoms with Gasteiger partial charge in [0, 0.05) is 31.2 Å². The molecule has 0 N–H and O–H groups in total. The van der Waals surface area contributed by atoms with Crippen molar-refractivity contribution in [1.82, 2.24) is 9.21 Å². The number of sulfonamides is 1. The molecular formula is C23H28N2O3S. The van der Waals surface area contributed by atoms with Crippen molar-refractivity contribution in [3.63, 3.8) is 0 Å². The van der Waals surface area contributed by atoms with Gasteiger partial charge in [-0.2, -0.15) is 4.31 Å². The van der Waals surface area contributed by atoms with E-state index in [1.165, 1.54) is 6.07 Å². The fourth-order valence-corrected chi connectivity index (χ4v) is 5.46. The van der Waals surface area contributed by atoms with Crippen LogP contribution in [0.1, 0.15) is 42.1 Å². The Kier molecular flexibility index (Phi) is 6.87. The molecule has 0 saturated carbocycles. The number of benzene rings is 2. The fraction of sp³-hybridized carbons (Fsp3) is 0.348. The summed E-state index contributed by atoms with van der Waals surface area (Å²) in [6, 6.07) is 16.1. The van der Waals surface area contributed by atoms with Gasteiger partial charge in [-0.1, -0.05) is 48.9 Å². The van der Waals surface area contributed by atoms with E-state index in [2.05, 4.69) is 6.58 Å². The normalized spacial score (nSPS) is 17.6. The van der Waals surface area contributed by atoms with Crippen molar-refractivity contribution in [1.29, 1.82) is 0 Å². The lowest BCUT2D eigenvalue weighted by molar-refractivity contribution is 0.0762. The summed E-state index contributed by atoms with van der Waals surface area (Å²) in [6.07, 6.45) is 4.45. The highest BCUT2D eigenvalue weighted by molar-refractivity contribution is 7.89. The van der Waals surface area contributed by atoms with Crippen LogP contribution in [-0.2, 0) is 16.6 Å². The average molecular weight is 413 g/mol. The molecule has 0 aromatic heterocycles. The average Bonchev–Trinajstić information content (AvgIpc) is 2.74. The number of carbonyl (C=O) groups is 1. The SMILES string of the molecule is C=CCN(Cc1ccccc1)C(=O)c1cccc(S(=O)(=O)N2CCCCC2C)c1. The Morgan fingerprint density at radius 3 is 2.62 bits per heavy atom. The second-order valence-electron chi connectivity index (χ2n) is 7.45. The summed E-state index contributed by atoms with van der Waals surface area (Å²) >= 11 is 0. The van der Waals surface area contributed by atoms with E-state index in [-0.39, 0.29) is 16.8 Å². The molecule has 0 bridgehead atoms. The topological polar surface area (TPSA) is 57.7 Å². The molecule has 1 fully saturated rings. The molecule has 6 heteroatoms. The zero-order chi connectivity index (χ0) is 20.9. The summed E-state index contributed by atoms with van der Waals surface area (Å²) in [5, 5.41) is 0. The first-order valence-electron chi connectivity index (χ1n) is 9.99. The molecule has 1 atom stereocenters. The van der Waals surface area contributed by atoms with Crippen molar-refractivity contribution in [2.45, 2.75) is 43.7 Å². The first-order chi connectivity index (χ1) is 13.9. The third-order valence-corrected chi connectivity index (χ3v) is 7.29. The van der Waals surface area contributed by atoms with Crippen LogP contribution < -0.4 is 0 Å². The minimum absolute atomic E-state index is 0.0246. The molecule has 1 unspecified atom stereocenters. The predicted molar refractivity (Wildman–Crippen MR) is 115 cm³/mol. The van der Waals surface area contributed by atoms with Crippen molar-refractivity contribution in [2.75, 3.05) is 13.1 Å². The number of rotatable bonds is 7. The first-order valence-corrected chi connectivity index (χ1v) is 11.4. The van der Waals surface area contributed by atoms with E-state index in [0.29, 0.717) is 25.2 Å². The summed E-state index contributed by atoms with van der Waals surface area (Å²) < 4.78 is 27.8. The standard InChI is InChI=1S/C23H28N2O3S/c1-3-15-24(18-20-11-5-4-6-12-20)23(26)21-13-9-14-22(17-21)29(27,28)25-16-8-7-10-19(25)2/h3-6,9,11-14,17,19H,1,7-8,10,15-16,18H2,2H3. The van der Waals surface area contributed by atoms with Gasteiger partial charge in [0.1, 0.15) is 0 Å². The lowest BCUT2D eigenvalue weighted by atomic mass is 10.1. The van der Waals surface area contributed by atoms with Gasteiger partial charge in [-0.25, -0.2) is 8.42 Å². The molecular weight excluding hydrogens is 384 g/mol. The molecule has 1 aliphatic heterocycles.